The van der Waals surface area contributed by atoms with Gasteiger partial charge in [-0.3, -0.25) is 4.79 Å². The monoisotopic (exact) mass is 416 g/mol. The molecule has 3 rings (SSSR count). The van der Waals surface area contributed by atoms with Crippen LogP contribution in [0.25, 0.3) is 0 Å². The van der Waals surface area contributed by atoms with Gasteiger partial charge in [0.25, 0.3) is 0 Å². The summed E-state index contributed by atoms with van der Waals surface area (Å²) in [5.41, 5.74) is 1.70. The number of hydrogen-bond acceptors (Lipinski definition) is 3. The Kier molecular flexibility index (Phi) is 7.08. The summed E-state index contributed by atoms with van der Waals surface area (Å²) in [5.74, 6) is -0.0970. The van der Waals surface area contributed by atoms with Gasteiger partial charge in [0.15, 0.2) is 0 Å². The van der Waals surface area contributed by atoms with Crippen molar-refractivity contribution >= 4 is 17.7 Å². The minimum absolute atomic E-state index is 0.0970. The van der Waals surface area contributed by atoms with Crippen LogP contribution >= 0.6 is 0 Å². The van der Waals surface area contributed by atoms with Crippen molar-refractivity contribution in [1.82, 2.24) is 4.90 Å². The van der Waals surface area contributed by atoms with Gasteiger partial charge in [0, 0.05) is 19.8 Å². The molecule has 160 valence electrons. The van der Waals surface area contributed by atoms with Crippen molar-refractivity contribution in [2.45, 2.75) is 25.5 Å². The fourth-order valence-electron chi connectivity index (χ4n) is 3.44. The number of carbonyl (C=O) groups is 2. The summed E-state index contributed by atoms with van der Waals surface area (Å²) in [6.45, 7) is 2.07. The summed E-state index contributed by atoms with van der Waals surface area (Å²) in [5, 5.41) is 0. The van der Waals surface area contributed by atoms with E-state index in [-0.39, 0.29) is 18.9 Å². The van der Waals surface area contributed by atoms with Gasteiger partial charge in [-0.25, -0.2) is 4.79 Å². The molecule has 3 aromatic carbocycles. The molecule has 0 aromatic heterocycles. The molecule has 0 saturated heterocycles. The normalized spacial score (nSPS) is 12.5. The average molecular weight is 417 g/mol. The first-order chi connectivity index (χ1) is 14.9. The number of anilines is 1. The van der Waals surface area contributed by atoms with Crippen molar-refractivity contribution < 1.29 is 14.3 Å². The lowest BCUT2D eigenvalue weighted by atomic mass is 9.86. The number of amides is 2. The van der Waals surface area contributed by atoms with E-state index in [4.69, 9.17) is 4.74 Å². The highest BCUT2D eigenvalue weighted by Crippen LogP contribution is 2.33. The third kappa shape index (κ3) is 5.31. The van der Waals surface area contributed by atoms with Gasteiger partial charge < -0.3 is 14.5 Å². The predicted molar refractivity (Wildman–Crippen MR) is 123 cm³/mol. The van der Waals surface area contributed by atoms with Gasteiger partial charge in [-0.05, 0) is 30.2 Å². The van der Waals surface area contributed by atoms with E-state index in [0.717, 1.165) is 16.8 Å². The minimum atomic E-state index is -0.880. The second kappa shape index (κ2) is 9.94. The number of nitrogens with zero attached hydrogens (tertiary/aromatic N) is 2. The van der Waals surface area contributed by atoms with Crippen LogP contribution in [0.5, 0.6) is 0 Å². The summed E-state index contributed by atoms with van der Waals surface area (Å²) in [7, 11) is 3.42. The summed E-state index contributed by atoms with van der Waals surface area (Å²) in [6.07, 6.45) is -0.371. The molecule has 0 saturated carbocycles. The van der Waals surface area contributed by atoms with E-state index < -0.39 is 11.6 Å². The van der Waals surface area contributed by atoms with Crippen LogP contribution in [0, 0.1) is 0 Å². The van der Waals surface area contributed by atoms with Crippen molar-refractivity contribution in [2.24, 2.45) is 0 Å². The smallest absolute Gasteiger partial charge is 0.410 e. The maximum Gasteiger partial charge on any atom is 0.410 e. The van der Waals surface area contributed by atoms with E-state index in [1.54, 1.807) is 19.0 Å². The van der Waals surface area contributed by atoms with Crippen molar-refractivity contribution in [3.05, 3.63) is 102 Å². The molecule has 1 unspecified atom stereocenters. The van der Waals surface area contributed by atoms with E-state index in [0.29, 0.717) is 0 Å². The lowest BCUT2D eigenvalue weighted by Crippen LogP contribution is -2.48. The molecular formula is C26H28N2O3. The number of hydrogen-bond donors (Lipinski definition) is 0. The Morgan fingerprint density at radius 2 is 1.32 bits per heavy atom. The van der Waals surface area contributed by atoms with Crippen molar-refractivity contribution in [2.75, 3.05) is 19.0 Å². The lowest BCUT2D eigenvalue weighted by molar-refractivity contribution is -0.120. The highest BCUT2D eigenvalue weighted by molar-refractivity contribution is 5.93. The third-order valence-electron chi connectivity index (χ3n) is 5.63. The molecule has 0 N–H and O–H groups in total. The molecule has 0 spiro atoms. The van der Waals surface area contributed by atoms with Crippen LogP contribution in [-0.2, 0) is 21.7 Å². The highest BCUT2D eigenvalue weighted by atomic mass is 16.6. The maximum absolute atomic E-state index is 13.2. The molecule has 5 heteroatoms. The number of carbonyl (C=O) groups excluding carboxylic acids is 2. The third-order valence-corrected chi connectivity index (χ3v) is 5.63. The molecule has 3 aromatic rings. The number of rotatable bonds is 7. The largest absolute Gasteiger partial charge is 0.445 e. The SMILES string of the molecule is CN(C(=O)CC(C)(c1ccccc1)N(C)C(=O)OCc1ccccc1)c1ccccc1. The van der Waals surface area contributed by atoms with Gasteiger partial charge in [0.1, 0.15) is 6.61 Å². The molecule has 0 aliphatic carbocycles. The van der Waals surface area contributed by atoms with Crippen LogP contribution in [0.15, 0.2) is 91.0 Å². The van der Waals surface area contributed by atoms with E-state index >= 15 is 0 Å². The molecule has 0 bridgehead atoms. The van der Waals surface area contributed by atoms with Crippen LogP contribution in [0.2, 0.25) is 0 Å². The quantitative estimate of drug-likeness (QED) is 0.530. The molecule has 0 radical (unpaired) electrons. The van der Waals surface area contributed by atoms with Crippen molar-refractivity contribution in [1.29, 1.82) is 0 Å². The van der Waals surface area contributed by atoms with Crippen LogP contribution in [0.3, 0.4) is 0 Å². The van der Waals surface area contributed by atoms with Crippen LogP contribution in [-0.4, -0.2) is 31.0 Å². The average Bonchev–Trinajstić information content (AvgIpc) is 2.83. The highest BCUT2D eigenvalue weighted by Gasteiger charge is 2.38. The summed E-state index contributed by atoms with van der Waals surface area (Å²) in [4.78, 5) is 29.3. The zero-order valence-corrected chi connectivity index (χ0v) is 18.2. The molecule has 0 aliphatic rings. The molecule has 5 nitrogen and oxygen atoms in total. The molecule has 31 heavy (non-hydrogen) atoms. The summed E-state index contributed by atoms with van der Waals surface area (Å²) in [6, 6.07) is 28.6. The Labute approximate surface area is 183 Å². The van der Waals surface area contributed by atoms with Gasteiger partial charge in [0.2, 0.25) is 5.91 Å². The van der Waals surface area contributed by atoms with Gasteiger partial charge >= 0.3 is 6.09 Å². The predicted octanol–water partition coefficient (Wildman–Crippen LogP) is 5.22. The molecule has 2 amide bonds. The molecule has 1 atom stereocenters. The van der Waals surface area contributed by atoms with Crippen LogP contribution < -0.4 is 4.90 Å². The minimum Gasteiger partial charge on any atom is -0.445 e. The Morgan fingerprint density at radius 1 is 0.806 bits per heavy atom. The first-order valence-electron chi connectivity index (χ1n) is 10.2. The number of ether oxygens (including phenoxy) is 1. The second-order valence-electron chi connectivity index (χ2n) is 7.70. The number of benzene rings is 3. The lowest BCUT2D eigenvalue weighted by Gasteiger charge is -2.39. The Morgan fingerprint density at radius 3 is 1.90 bits per heavy atom. The second-order valence-corrected chi connectivity index (χ2v) is 7.70. The Balaban J connectivity index is 1.81. The fourth-order valence-corrected chi connectivity index (χ4v) is 3.44. The van der Waals surface area contributed by atoms with Gasteiger partial charge in [0.05, 0.1) is 12.0 Å². The van der Waals surface area contributed by atoms with Crippen molar-refractivity contribution in [3.8, 4) is 0 Å². The van der Waals surface area contributed by atoms with Gasteiger partial charge in [-0.15, -0.1) is 0 Å². The molecule has 0 fully saturated rings. The zero-order valence-electron chi connectivity index (χ0n) is 18.2. The van der Waals surface area contributed by atoms with E-state index in [2.05, 4.69) is 0 Å². The summed E-state index contributed by atoms with van der Waals surface area (Å²) >= 11 is 0. The maximum atomic E-state index is 13.2. The molecular weight excluding hydrogens is 388 g/mol. The summed E-state index contributed by atoms with van der Waals surface area (Å²) < 4.78 is 5.55. The van der Waals surface area contributed by atoms with E-state index in [1.807, 2.05) is 97.9 Å². The fraction of sp³-hybridized carbons (Fsp3) is 0.231. The van der Waals surface area contributed by atoms with E-state index in [1.165, 1.54) is 4.90 Å². The zero-order chi connectivity index (χ0) is 22.3. The van der Waals surface area contributed by atoms with Crippen LogP contribution in [0.4, 0.5) is 10.5 Å². The number of para-hydroxylation sites is 1. The van der Waals surface area contributed by atoms with Crippen LogP contribution in [0.1, 0.15) is 24.5 Å². The van der Waals surface area contributed by atoms with Crippen molar-refractivity contribution in [3.63, 3.8) is 0 Å². The van der Waals surface area contributed by atoms with E-state index in [9.17, 15) is 9.59 Å². The van der Waals surface area contributed by atoms with Gasteiger partial charge in [-0.2, -0.15) is 0 Å². The Hall–Kier alpha value is -3.60. The first-order valence-corrected chi connectivity index (χ1v) is 10.2. The van der Waals surface area contributed by atoms with Gasteiger partial charge in [-0.1, -0.05) is 78.9 Å². The Bertz CT molecular complexity index is 993. The standard InChI is InChI=1S/C26H28N2O3/c1-26(22-15-9-5-10-16-22,19-24(29)27(2)23-17-11-6-12-18-23)28(3)25(30)31-20-21-13-7-4-8-14-21/h4-18H,19-20H2,1-3H3. The molecule has 0 aliphatic heterocycles. The first kappa shape index (κ1) is 22.1. The molecule has 0 heterocycles. The topological polar surface area (TPSA) is 49.9 Å².